The van der Waals surface area contributed by atoms with Crippen molar-refractivity contribution in [2.75, 3.05) is 32.8 Å². The lowest BCUT2D eigenvalue weighted by Crippen LogP contribution is -2.27. The maximum absolute atomic E-state index is 12.4. The maximum Gasteiger partial charge on any atom is 0.318 e. The van der Waals surface area contributed by atoms with Gasteiger partial charge in [0, 0.05) is 19.6 Å². The standard InChI is InChI=1S/C23H28BrN3O2/c24-20-15-18(9-10-22(20)29-14-6-13-26-11-4-5-12-26)16-27-17-21(25-23(27)28)19-7-2-1-3-8-19/h1-3,7-10,15,21H,4-6,11-14,16-17H2,(H,25,28)/t21-/m1/s1. The van der Waals surface area contributed by atoms with Crippen LogP contribution in [0.2, 0.25) is 0 Å². The van der Waals surface area contributed by atoms with Gasteiger partial charge < -0.3 is 19.9 Å². The summed E-state index contributed by atoms with van der Waals surface area (Å²) in [6, 6.07) is 16.2. The molecule has 5 nitrogen and oxygen atoms in total. The molecule has 0 unspecified atom stereocenters. The van der Waals surface area contributed by atoms with Gasteiger partial charge in [-0.15, -0.1) is 0 Å². The first-order chi connectivity index (χ1) is 14.2. The molecule has 2 aromatic rings. The van der Waals surface area contributed by atoms with Crippen LogP contribution in [0, 0.1) is 0 Å². The summed E-state index contributed by atoms with van der Waals surface area (Å²) in [5, 5.41) is 3.07. The van der Waals surface area contributed by atoms with Gasteiger partial charge >= 0.3 is 6.03 Å². The molecule has 0 aromatic heterocycles. The smallest absolute Gasteiger partial charge is 0.318 e. The molecular weight excluding hydrogens is 430 g/mol. The number of carbonyl (C=O) groups is 1. The van der Waals surface area contributed by atoms with Crippen molar-refractivity contribution in [3.05, 3.63) is 64.1 Å². The minimum Gasteiger partial charge on any atom is -0.492 e. The quantitative estimate of drug-likeness (QED) is 0.589. The van der Waals surface area contributed by atoms with E-state index in [4.69, 9.17) is 4.74 Å². The normalized spacial score (nSPS) is 19.6. The van der Waals surface area contributed by atoms with Gasteiger partial charge in [-0.25, -0.2) is 4.79 Å². The summed E-state index contributed by atoms with van der Waals surface area (Å²) in [6.45, 7) is 5.56. The zero-order valence-electron chi connectivity index (χ0n) is 16.6. The van der Waals surface area contributed by atoms with Crippen molar-refractivity contribution in [3.63, 3.8) is 0 Å². The zero-order chi connectivity index (χ0) is 20.1. The van der Waals surface area contributed by atoms with Gasteiger partial charge in [-0.3, -0.25) is 0 Å². The predicted octanol–water partition coefficient (Wildman–Crippen LogP) is 4.58. The van der Waals surface area contributed by atoms with E-state index in [0.29, 0.717) is 13.1 Å². The predicted molar refractivity (Wildman–Crippen MR) is 118 cm³/mol. The maximum atomic E-state index is 12.4. The first-order valence-electron chi connectivity index (χ1n) is 10.4. The van der Waals surface area contributed by atoms with Gasteiger partial charge in [0.05, 0.1) is 17.1 Å². The van der Waals surface area contributed by atoms with Crippen molar-refractivity contribution < 1.29 is 9.53 Å². The molecule has 2 aliphatic heterocycles. The number of nitrogens with zero attached hydrogens (tertiary/aromatic N) is 2. The number of rotatable bonds is 8. The highest BCUT2D eigenvalue weighted by atomic mass is 79.9. The first-order valence-corrected chi connectivity index (χ1v) is 11.2. The largest absolute Gasteiger partial charge is 0.492 e. The van der Waals surface area contributed by atoms with Crippen molar-refractivity contribution in [1.82, 2.24) is 15.1 Å². The molecule has 0 aliphatic carbocycles. The number of likely N-dealkylation sites (tertiary alicyclic amines) is 1. The molecule has 2 aromatic carbocycles. The number of hydrogen-bond acceptors (Lipinski definition) is 3. The second-order valence-corrected chi connectivity index (χ2v) is 8.66. The van der Waals surface area contributed by atoms with Crippen LogP contribution in [0.1, 0.15) is 36.4 Å². The van der Waals surface area contributed by atoms with Gasteiger partial charge in [-0.1, -0.05) is 36.4 Å². The average Bonchev–Trinajstić information content (AvgIpc) is 3.37. The number of benzene rings is 2. The molecule has 2 aliphatic rings. The molecule has 1 N–H and O–H groups in total. The van der Waals surface area contributed by atoms with Crippen LogP contribution in [-0.2, 0) is 6.54 Å². The lowest BCUT2D eigenvalue weighted by Gasteiger charge is -2.17. The number of carbonyl (C=O) groups excluding carboxylic acids is 1. The summed E-state index contributed by atoms with van der Waals surface area (Å²) in [5.74, 6) is 0.864. The Balaban J connectivity index is 1.28. The van der Waals surface area contributed by atoms with Crippen LogP contribution in [0.25, 0.3) is 0 Å². The molecule has 2 saturated heterocycles. The first kappa shape index (κ1) is 20.2. The summed E-state index contributed by atoms with van der Waals surface area (Å²) < 4.78 is 6.89. The molecule has 0 spiro atoms. The molecule has 4 rings (SSSR count). The van der Waals surface area contributed by atoms with Crippen molar-refractivity contribution in [2.24, 2.45) is 0 Å². The second-order valence-electron chi connectivity index (χ2n) is 7.81. The van der Waals surface area contributed by atoms with Crippen LogP contribution in [0.15, 0.2) is 53.0 Å². The van der Waals surface area contributed by atoms with E-state index in [-0.39, 0.29) is 12.1 Å². The summed E-state index contributed by atoms with van der Waals surface area (Å²) in [5.41, 5.74) is 2.23. The van der Waals surface area contributed by atoms with Crippen molar-refractivity contribution >= 4 is 22.0 Å². The monoisotopic (exact) mass is 457 g/mol. The van der Waals surface area contributed by atoms with Crippen molar-refractivity contribution in [3.8, 4) is 5.75 Å². The van der Waals surface area contributed by atoms with Gasteiger partial charge in [-0.05, 0) is 71.5 Å². The third-order valence-electron chi connectivity index (χ3n) is 5.63. The van der Waals surface area contributed by atoms with Crippen LogP contribution in [0.3, 0.4) is 0 Å². The van der Waals surface area contributed by atoms with E-state index in [1.54, 1.807) is 0 Å². The molecule has 0 saturated carbocycles. The summed E-state index contributed by atoms with van der Waals surface area (Å²) in [7, 11) is 0. The van der Waals surface area contributed by atoms with Crippen LogP contribution in [0.5, 0.6) is 5.75 Å². The van der Waals surface area contributed by atoms with Crippen LogP contribution in [-0.4, -0.2) is 48.6 Å². The van der Waals surface area contributed by atoms with E-state index >= 15 is 0 Å². The molecule has 29 heavy (non-hydrogen) atoms. The number of halogens is 1. The van der Waals surface area contributed by atoms with Crippen LogP contribution in [0.4, 0.5) is 4.79 Å². The molecule has 2 amide bonds. The van der Waals surface area contributed by atoms with Gasteiger partial charge in [0.1, 0.15) is 5.75 Å². The van der Waals surface area contributed by atoms with Crippen molar-refractivity contribution in [2.45, 2.75) is 31.8 Å². The SMILES string of the molecule is O=C1N[C@@H](c2ccccc2)CN1Cc1ccc(OCCCN2CCCC2)c(Br)c1. The Bertz CT molecular complexity index is 824. The average molecular weight is 458 g/mol. The van der Waals surface area contributed by atoms with E-state index in [2.05, 4.69) is 44.3 Å². The van der Waals surface area contributed by atoms with E-state index in [0.717, 1.165) is 40.9 Å². The third kappa shape index (κ3) is 5.31. The number of urea groups is 1. The van der Waals surface area contributed by atoms with Gasteiger partial charge in [0.15, 0.2) is 0 Å². The van der Waals surface area contributed by atoms with Crippen LogP contribution < -0.4 is 10.1 Å². The summed E-state index contributed by atoms with van der Waals surface area (Å²) in [4.78, 5) is 16.7. The fraction of sp³-hybridized carbons (Fsp3) is 0.435. The molecule has 1 atom stereocenters. The molecule has 0 bridgehead atoms. The van der Waals surface area contributed by atoms with E-state index in [1.807, 2.05) is 35.2 Å². The topological polar surface area (TPSA) is 44.8 Å². The Morgan fingerprint density at radius 2 is 1.90 bits per heavy atom. The van der Waals surface area contributed by atoms with Gasteiger partial charge in [0.2, 0.25) is 0 Å². The Kier molecular flexibility index (Phi) is 6.72. The van der Waals surface area contributed by atoms with Gasteiger partial charge in [-0.2, -0.15) is 0 Å². The minimum atomic E-state index is -0.0165. The van der Waals surface area contributed by atoms with Gasteiger partial charge in [0.25, 0.3) is 0 Å². The second kappa shape index (κ2) is 9.63. The van der Waals surface area contributed by atoms with Crippen molar-refractivity contribution in [1.29, 1.82) is 0 Å². The Labute approximate surface area is 181 Å². The highest BCUT2D eigenvalue weighted by Crippen LogP contribution is 2.28. The zero-order valence-corrected chi connectivity index (χ0v) is 18.2. The molecule has 0 radical (unpaired) electrons. The Hall–Kier alpha value is -2.05. The third-order valence-corrected chi connectivity index (χ3v) is 6.25. The Morgan fingerprint density at radius 3 is 2.66 bits per heavy atom. The molecule has 6 heteroatoms. The van der Waals surface area contributed by atoms with E-state index in [9.17, 15) is 4.79 Å². The lowest BCUT2D eigenvalue weighted by atomic mass is 10.1. The van der Waals surface area contributed by atoms with Crippen LogP contribution >= 0.6 is 15.9 Å². The number of amides is 2. The lowest BCUT2D eigenvalue weighted by molar-refractivity contribution is 0.215. The minimum absolute atomic E-state index is 0.0165. The van der Waals surface area contributed by atoms with E-state index in [1.165, 1.54) is 25.9 Å². The number of hydrogen-bond donors (Lipinski definition) is 1. The fourth-order valence-corrected chi connectivity index (χ4v) is 4.60. The molecular formula is C23H28BrN3O2. The summed E-state index contributed by atoms with van der Waals surface area (Å²) in [6.07, 6.45) is 3.70. The highest BCUT2D eigenvalue weighted by Gasteiger charge is 2.29. The summed E-state index contributed by atoms with van der Waals surface area (Å²) >= 11 is 3.62. The molecule has 2 heterocycles. The van der Waals surface area contributed by atoms with E-state index < -0.39 is 0 Å². The molecule has 154 valence electrons. The molecule has 2 fully saturated rings. The Morgan fingerprint density at radius 1 is 1.10 bits per heavy atom. The number of nitrogens with one attached hydrogen (secondary N) is 1. The number of ether oxygens (including phenoxy) is 1. The fourth-order valence-electron chi connectivity index (χ4n) is 4.06. The highest BCUT2D eigenvalue weighted by molar-refractivity contribution is 9.10.